The number of hydrogen-bond acceptors (Lipinski definition) is 7. The summed E-state index contributed by atoms with van der Waals surface area (Å²) in [5.41, 5.74) is 0.923. The number of aryl methyl sites for hydroxylation is 1. The van der Waals surface area contributed by atoms with Gasteiger partial charge < -0.3 is 20.3 Å². The van der Waals surface area contributed by atoms with Gasteiger partial charge in [-0.15, -0.1) is 0 Å². The molecule has 0 radical (unpaired) electrons. The standard InChI is InChI=1S/C19H22N2O7S/c1-11-3-8-15(17(23)16(11)22)19(25)28-12(2)18(24)21-10-9-13-4-6-14(7-5-13)29(20,26)27/h3-8,12,22-23H,9-10H2,1-2H3,(H,21,24)(H2,20,26,27). The monoisotopic (exact) mass is 422 g/mol. The average molecular weight is 422 g/mol. The number of sulfonamides is 1. The number of rotatable bonds is 7. The lowest BCUT2D eigenvalue weighted by atomic mass is 10.1. The van der Waals surface area contributed by atoms with Crippen molar-refractivity contribution in [2.24, 2.45) is 5.14 Å². The maximum Gasteiger partial charge on any atom is 0.342 e. The molecule has 156 valence electrons. The molecule has 0 fully saturated rings. The highest BCUT2D eigenvalue weighted by molar-refractivity contribution is 7.89. The van der Waals surface area contributed by atoms with Gasteiger partial charge in [0.05, 0.1) is 4.90 Å². The van der Waals surface area contributed by atoms with Crippen LogP contribution in [0.3, 0.4) is 0 Å². The SMILES string of the molecule is Cc1ccc(C(=O)OC(C)C(=O)NCCc2ccc(S(N)(=O)=O)cc2)c(O)c1O. The third-order valence-corrected chi connectivity index (χ3v) is 5.12. The summed E-state index contributed by atoms with van der Waals surface area (Å²) >= 11 is 0. The summed E-state index contributed by atoms with van der Waals surface area (Å²) < 4.78 is 27.5. The minimum atomic E-state index is -3.76. The van der Waals surface area contributed by atoms with Crippen LogP contribution in [0.25, 0.3) is 0 Å². The summed E-state index contributed by atoms with van der Waals surface area (Å²) in [6.45, 7) is 3.16. The van der Waals surface area contributed by atoms with E-state index in [9.17, 15) is 28.2 Å². The number of nitrogens with two attached hydrogens (primary N) is 1. The number of carbonyl (C=O) groups excluding carboxylic acids is 2. The second kappa shape index (κ2) is 8.93. The first-order chi connectivity index (χ1) is 13.5. The van der Waals surface area contributed by atoms with Crippen LogP contribution in [0.2, 0.25) is 0 Å². The molecule has 5 N–H and O–H groups in total. The lowest BCUT2D eigenvalue weighted by molar-refractivity contribution is -0.129. The summed E-state index contributed by atoms with van der Waals surface area (Å²) in [5.74, 6) is -2.52. The maximum atomic E-state index is 12.1. The van der Waals surface area contributed by atoms with Crippen LogP contribution < -0.4 is 10.5 Å². The van der Waals surface area contributed by atoms with Crippen molar-refractivity contribution in [2.75, 3.05) is 6.54 Å². The number of primary sulfonamides is 1. The van der Waals surface area contributed by atoms with Crippen molar-refractivity contribution in [3.63, 3.8) is 0 Å². The smallest absolute Gasteiger partial charge is 0.342 e. The molecule has 2 rings (SSSR count). The van der Waals surface area contributed by atoms with Gasteiger partial charge in [0, 0.05) is 6.54 Å². The Morgan fingerprint density at radius 1 is 1.10 bits per heavy atom. The van der Waals surface area contributed by atoms with Crippen LogP contribution in [0.4, 0.5) is 0 Å². The molecule has 0 heterocycles. The third-order valence-electron chi connectivity index (χ3n) is 4.19. The molecule has 0 aliphatic carbocycles. The van der Waals surface area contributed by atoms with Crippen LogP contribution in [0.15, 0.2) is 41.3 Å². The Bertz CT molecular complexity index is 1020. The molecule has 0 aromatic heterocycles. The van der Waals surface area contributed by atoms with E-state index in [4.69, 9.17) is 9.88 Å². The number of benzene rings is 2. The third kappa shape index (κ3) is 5.69. The van der Waals surface area contributed by atoms with Gasteiger partial charge in [0.2, 0.25) is 10.0 Å². The Kier molecular flexibility index (Phi) is 6.83. The van der Waals surface area contributed by atoms with Crippen molar-refractivity contribution in [1.82, 2.24) is 5.32 Å². The zero-order chi connectivity index (χ0) is 21.8. The van der Waals surface area contributed by atoms with Crippen molar-refractivity contribution in [3.8, 4) is 11.5 Å². The van der Waals surface area contributed by atoms with Gasteiger partial charge in [-0.2, -0.15) is 0 Å². The first-order valence-electron chi connectivity index (χ1n) is 8.62. The van der Waals surface area contributed by atoms with Crippen molar-refractivity contribution in [1.29, 1.82) is 0 Å². The van der Waals surface area contributed by atoms with E-state index in [1.807, 2.05) is 0 Å². The Balaban J connectivity index is 1.88. The van der Waals surface area contributed by atoms with Crippen LogP contribution >= 0.6 is 0 Å². The summed E-state index contributed by atoms with van der Waals surface area (Å²) in [4.78, 5) is 24.2. The molecule has 9 nitrogen and oxygen atoms in total. The number of nitrogens with one attached hydrogen (secondary N) is 1. The second-order valence-corrected chi connectivity index (χ2v) is 7.97. The Morgan fingerprint density at radius 2 is 1.72 bits per heavy atom. The van der Waals surface area contributed by atoms with E-state index in [2.05, 4.69) is 5.32 Å². The van der Waals surface area contributed by atoms with E-state index in [0.717, 1.165) is 5.56 Å². The number of phenolic OH excluding ortho intramolecular Hbond substituents is 2. The van der Waals surface area contributed by atoms with E-state index in [1.54, 1.807) is 19.1 Å². The van der Waals surface area contributed by atoms with Gasteiger partial charge >= 0.3 is 5.97 Å². The molecule has 0 saturated carbocycles. The van der Waals surface area contributed by atoms with Crippen LogP contribution in [0.1, 0.15) is 28.4 Å². The minimum absolute atomic E-state index is 0.00350. The van der Waals surface area contributed by atoms with Gasteiger partial charge in [0.25, 0.3) is 5.91 Å². The highest BCUT2D eigenvalue weighted by atomic mass is 32.2. The highest BCUT2D eigenvalue weighted by Gasteiger charge is 2.22. The quantitative estimate of drug-likeness (QED) is 0.382. The van der Waals surface area contributed by atoms with Crippen LogP contribution in [-0.4, -0.2) is 43.2 Å². The summed E-state index contributed by atoms with van der Waals surface area (Å²) in [6.07, 6.45) is -0.709. The first-order valence-corrected chi connectivity index (χ1v) is 10.2. The lowest BCUT2D eigenvalue weighted by Gasteiger charge is -2.14. The molecule has 10 heteroatoms. The Hall–Kier alpha value is -3.11. The molecule has 2 aromatic carbocycles. The van der Waals surface area contributed by atoms with E-state index < -0.39 is 39.5 Å². The van der Waals surface area contributed by atoms with Gasteiger partial charge in [-0.25, -0.2) is 18.4 Å². The van der Waals surface area contributed by atoms with Gasteiger partial charge in [-0.1, -0.05) is 18.2 Å². The molecule has 1 unspecified atom stereocenters. The van der Waals surface area contributed by atoms with E-state index in [-0.39, 0.29) is 17.0 Å². The average Bonchev–Trinajstić information content (AvgIpc) is 2.65. The zero-order valence-electron chi connectivity index (χ0n) is 15.9. The van der Waals surface area contributed by atoms with E-state index in [1.165, 1.54) is 31.2 Å². The molecule has 0 bridgehead atoms. The molecule has 0 spiro atoms. The number of phenols is 2. The van der Waals surface area contributed by atoms with E-state index >= 15 is 0 Å². The number of amides is 1. The molecule has 1 atom stereocenters. The van der Waals surface area contributed by atoms with Crippen LogP contribution in [0, 0.1) is 6.92 Å². The van der Waals surface area contributed by atoms with Gasteiger partial charge in [0.15, 0.2) is 17.6 Å². The molecule has 2 aromatic rings. The fraction of sp³-hybridized carbons (Fsp3) is 0.263. The largest absolute Gasteiger partial charge is 0.504 e. The summed E-state index contributed by atoms with van der Waals surface area (Å²) in [7, 11) is -3.76. The number of carbonyl (C=O) groups is 2. The fourth-order valence-electron chi connectivity index (χ4n) is 2.44. The maximum absolute atomic E-state index is 12.1. The molecule has 29 heavy (non-hydrogen) atoms. The molecule has 1 amide bonds. The summed E-state index contributed by atoms with van der Waals surface area (Å²) in [6, 6.07) is 8.66. The topological polar surface area (TPSA) is 156 Å². The molecular weight excluding hydrogens is 400 g/mol. The Labute approximate surface area is 168 Å². The summed E-state index contributed by atoms with van der Waals surface area (Å²) in [5, 5.41) is 27.2. The van der Waals surface area contributed by atoms with Crippen LogP contribution in [0.5, 0.6) is 11.5 Å². The second-order valence-electron chi connectivity index (χ2n) is 6.40. The van der Waals surface area contributed by atoms with Gasteiger partial charge in [-0.3, -0.25) is 4.79 Å². The van der Waals surface area contributed by atoms with E-state index in [0.29, 0.717) is 12.0 Å². The number of aromatic hydroxyl groups is 2. The lowest BCUT2D eigenvalue weighted by Crippen LogP contribution is -2.36. The predicted octanol–water partition coefficient (Wildman–Crippen LogP) is 0.958. The number of hydrogen-bond donors (Lipinski definition) is 4. The van der Waals surface area contributed by atoms with Crippen molar-refractivity contribution < 1.29 is 33.0 Å². The number of ether oxygens (including phenoxy) is 1. The first kappa shape index (κ1) is 22.2. The molecule has 0 aliphatic rings. The normalized spacial score (nSPS) is 12.2. The number of esters is 1. The molecular formula is C19H22N2O7S. The Morgan fingerprint density at radius 3 is 2.31 bits per heavy atom. The minimum Gasteiger partial charge on any atom is -0.504 e. The van der Waals surface area contributed by atoms with Crippen molar-refractivity contribution in [2.45, 2.75) is 31.3 Å². The predicted molar refractivity (Wildman–Crippen MR) is 104 cm³/mol. The highest BCUT2D eigenvalue weighted by Crippen LogP contribution is 2.32. The van der Waals surface area contributed by atoms with Gasteiger partial charge in [-0.05, 0) is 49.6 Å². The van der Waals surface area contributed by atoms with Crippen molar-refractivity contribution >= 4 is 21.9 Å². The van der Waals surface area contributed by atoms with Gasteiger partial charge in [0.1, 0.15) is 5.56 Å². The molecule has 0 saturated heterocycles. The van der Waals surface area contributed by atoms with Crippen molar-refractivity contribution in [3.05, 3.63) is 53.1 Å². The fourth-order valence-corrected chi connectivity index (χ4v) is 2.96. The molecule has 0 aliphatic heterocycles. The zero-order valence-corrected chi connectivity index (χ0v) is 16.7. The van der Waals surface area contributed by atoms with Crippen LogP contribution in [-0.2, 0) is 26.0 Å².